The Labute approximate surface area is 110 Å². The maximum absolute atomic E-state index is 4.42. The number of benzene rings is 1. The van der Waals surface area contributed by atoms with Gasteiger partial charge >= 0.3 is 0 Å². The van der Waals surface area contributed by atoms with Crippen LogP contribution in [0.3, 0.4) is 0 Å². The fraction of sp³-hybridized carbons (Fsp3) is 0.182. The molecule has 15 heavy (non-hydrogen) atoms. The largest absolute Gasteiger partial charge is 0.233 e. The van der Waals surface area contributed by atoms with Crippen LogP contribution in [0.5, 0.6) is 0 Å². The summed E-state index contributed by atoms with van der Waals surface area (Å²) in [7, 11) is 0. The van der Waals surface area contributed by atoms with Gasteiger partial charge in [-0.15, -0.1) is 11.3 Å². The minimum atomic E-state index is 0.808. The van der Waals surface area contributed by atoms with Crippen molar-refractivity contribution in [2.45, 2.75) is 12.3 Å². The Morgan fingerprint density at radius 3 is 2.47 bits per heavy atom. The van der Waals surface area contributed by atoms with Gasteiger partial charge < -0.3 is 0 Å². The molecule has 4 heteroatoms. The van der Waals surface area contributed by atoms with Gasteiger partial charge in [0, 0.05) is 0 Å². The van der Waals surface area contributed by atoms with Crippen LogP contribution in [0.1, 0.15) is 10.6 Å². The smallest absolute Gasteiger partial charge is 0.125 e. The van der Waals surface area contributed by atoms with Gasteiger partial charge in [-0.3, -0.25) is 0 Å². The summed E-state index contributed by atoms with van der Waals surface area (Å²) in [6.45, 7) is 2.09. The van der Waals surface area contributed by atoms with Crippen LogP contribution in [-0.4, -0.2) is 4.98 Å². The summed E-state index contributed by atoms with van der Waals surface area (Å²) < 4.78 is 0.936. The summed E-state index contributed by atoms with van der Waals surface area (Å²) in [5.41, 5.74) is 2.50. The molecule has 0 amide bonds. The van der Waals surface area contributed by atoms with Gasteiger partial charge in [0.2, 0.25) is 0 Å². The molecule has 0 aliphatic carbocycles. The number of rotatable bonds is 2. The number of hydrogen-bond acceptors (Lipinski definition) is 2. The lowest BCUT2D eigenvalue weighted by atomic mass is 10.1. The highest BCUT2D eigenvalue weighted by Gasteiger charge is 2.09. The molecule has 0 fully saturated rings. The number of alkyl halides is 1. The van der Waals surface area contributed by atoms with Crippen LogP contribution in [0.4, 0.5) is 0 Å². The lowest BCUT2D eigenvalue weighted by molar-refractivity contribution is 1.25. The van der Waals surface area contributed by atoms with Crippen molar-refractivity contribution >= 4 is 43.2 Å². The SMILES string of the molecule is Cc1ccc(-c2sc(CBr)nc2Br)cc1. The van der Waals surface area contributed by atoms with E-state index in [1.807, 2.05) is 0 Å². The van der Waals surface area contributed by atoms with Crippen LogP contribution >= 0.6 is 43.2 Å². The fourth-order valence-corrected chi connectivity index (χ4v) is 3.37. The molecule has 2 rings (SSSR count). The average molecular weight is 347 g/mol. The first-order chi connectivity index (χ1) is 7.20. The minimum Gasteiger partial charge on any atom is -0.233 e. The first kappa shape index (κ1) is 11.3. The van der Waals surface area contributed by atoms with E-state index in [9.17, 15) is 0 Å². The van der Waals surface area contributed by atoms with Crippen LogP contribution in [0.25, 0.3) is 10.4 Å². The predicted octanol–water partition coefficient (Wildman–Crippen LogP) is 4.78. The van der Waals surface area contributed by atoms with E-state index in [0.717, 1.165) is 14.9 Å². The zero-order valence-corrected chi connectivity index (χ0v) is 12.1. The summed E-state index contributed by atoms with van der Waals surface area (Å²) in [5, 5.41) is 1.90. The van der Waals surface area contributed by atoms with Crippen LogP contribution in [0.15, 0.2) is 28.9 Å². The standard InChI is InChI=1S/C11H9Br2NS/c1-7-2-4-8(5-3-7)10-11(13)14-9(6-12)15-10/h2-5H,6H2,1H3. The van der Waals surface area contributed by atoms with E-state index in [4.69, 9.17) is 0 Å². The number of aryl methyl sites for hydroxylation is 1. The van der Waals surface area contributed by atoms with Gasteiger partial charge in [-0.25, -0.2) is 4.98 Å². The van der Waals surface area contributed by atoms with Gasteiger partial charge in [-0.2, -0.15) is 0 Å². The molecule has 0 aliphatic rings. The Kier molecular flexibility index (Phi) is 3.59. The zero-order chi connectivity index (χ0) is 10.8. The summed E-state index contributed by atoms with van der Waals surface area (Å²) >= 11 is 8.62. The Morgan fingerprint density at radius 1 is 1.27 bits per heavy atom. The quantitative estimate of drug-likeness (QED) is 0.713. The van der Waals surface area contributed by atoms with Crippen LogP contribution < -0.4 is 0 Å². The molecule has 1 aromatic heterocycles. The molecule has 0 unspecified atom stereocenters. The Balaban J connectivity index is 2.44. The van der Waals surface area contributed by atoms with Crippen molar-refractivity contribution in [1.29, 1.82) is 0 Å². The van der Waals surface area contributed by atoms with Crippen molar-refractivity contribution in [1.82, 2.24) is 4.98 Å². The third kappa shape index (κ3) is 2.49. The molecule has 0 atom stereocenters. The molecular weight excluding hydrogens is 338 g/mol. The summed E-state index contributed by atoms with van der Waals surface area (Å²) in [6.07, 6.45) is 0. The number of thiazole rings is 1. The van der Waals surface area contributed by atoms with Crippen molar-refractivity contribution in [3.8, 4) is 10.4 Å². The van der Waals surface area contributed by atoms with Gasteiger partial charge in [0.25, 0.3) is 0 Å². The number of hydrogen-bond donors (Lipinski definition) is 0. The number of halogens is 2. The highest BCUT2D eigenvalue weighted by atomic mass is 79.9. The normalized spacial score (nSPS) is 10.6. The molecule has 1 nitrogen and oxygen atoms in total. The summed E-state index contributed by atoms with van der Waals surface area (Å²) in [4.78, 5) is 5.61. The van der Waals surface area contributed by atoms with E-state index in [1.54, 1.807) is 11.3 Å². The Morgan fingerprint density at radius 2 is 1.93 bits per heavy atom. The summed E-state index contributed by atoms with van der Waals surface area (Å²) in [6, 6.07) is 8.50. The molecule has 0 saturated carbocycles. The first-order valence-electron chi connectivity index (χ1n) is 4.49. The second-order valence-corrected chi connectivity index (χ2v) is 5.62. The van der Waals surface area contributed by atoms with Crippen LogP contribution in [0.2, 0.25) is 0 Å². The maximum Gasteiger partial charge on any atom is 0.125 e. The molecule has 0 spiro atoms. The van der Waals surface area contributed by atoms with E-state index in [-0.39, 0.29) is 0 Å². The molecule has 0 N–H and O–H groups in total. The lowest BCUT2D eigenvalue weighted by Gasteiger charge is -1.98. The third-order valence-electron chi connectivity index (χ3n) is 2.06. The monoisotopic (exact) mass is 345 g/mol. The Hall–Kier alpha value is -0.190. The average Bonchev–Trinajstić information content (AvgIpc) is 2.61. The first-order valence-corrected chi connectivity index (χ1v) is 7.22. The maximum atomic E-state index is 4.42. The van der Waals surface area contributed by atoms with Gasteiger partial charge in [0.1, 0.15) is 9.61 Å². The van der Waals surface area contributed by atoms with E-state index in [1.165, 1.54) is 16.0 Å². The van der Waals surface area contributed by atoms with Crippen molar-refractivity contribution in [2.75, 3.05) is 0 Å². The predicted molar refractivity (Wildman–Crippen MR) is 72.6 cm³/mol. The van der Waals surface area contributed by atoms with Crippen molar-refractivity contribution in [2.24, 2.45) is 0 Å². The highest BCUT2D eigenvalue weighted by Crippen LogP contribution is 2.34. The number of aromatic nitrogens is 1. The third-order valence-corrected chi connectivity index (χ3v) is 4.90. The zero-order valence-electron chi connectivity index (χ0n) is 8.13. The van der Waals surface area contributed by atoms with E-state index < -0.39 is 0 Å². The fourth-order valence-electron chi connectivity index (χ4n) is 1.28. The van der Waals surface area contributed by atoms with Gasteiger partial charge in [0.15, 0.2) is 0 Å². The van der Waals surface area contributed by atoms with Crippen LogP contribution in [-0.2, 0) is 5.33 Å². The van der Waals surface area contributed by atoms with E-state index in [2.05, 4.69) is 68.0 Å². The van der Waals surface area contributed by atoms with E-state index >= 15 is 0 Å². The molecule has 0 bridgehead atoms. The molecule has 0 saturated heterocycles. The van der Waals surface area contributed by atoms with Crippen molar-refractivity contribution in [3.63, 3.8) is 0 Å². The van der Waals surface area contributed by atoms with Gasteiger partial charge in [0.05, 0.1) is 10.2 Å². The second-order valence-electron chi connectivity index (χ2n) is 3.23. The lowest BCUT2D eigenvalue weighted by Crippen LogP contribution is -1.75. The second kappa shape index (κ2) is 4.76. The molecular formula is C11H9Br2NS. The van der Waals surface area contributed by atoms with Crippen molar-refractivity contribution in [3.05, 3.63) is 39.4 Å². The minimum absolute atomic E-state index is 0.808. The van der Waals surface area contributed by atoms with Crippen molar-refractivity contribution < 1.29 is 0 Å². The molecule has 0 aliphatic heterocycles. The summed E-state index contributed by atoms with van der Waals surface area (Å²) in [5.74, 6) is 0. The molecule has 78 valence electrons. The highest BCUT2D eigenvalue weighted by molar-refractivity contribution is 9.10. The van der Waals surface area contributed by atoms with E-state index in [0.29, 0.717) is 0 Å². The van der Waals surface area contributed by atoms with Gasteiger partial charge in [-0.1, -0.05) is 45.8 Å². The molecule has 1 aromatic carbocycles. The number of nitrogens with zero attached hydrogens (tertiary/aromatic N) is 1. The topological polar surface area (TPSA) is 12.9 Å². The molecule has 1 heterocycles. The Bertz CT molecular complexity index is 462. The van der Waals surface area contributed by atoms with Crippen LogP contribution in [0, 0.1) is 6.92 Å². The van der Waals surface area contributed by atoms with Gasteiger partial charge in [-0.05, 0) is 28.4 Å². The molecule has 2 aromatic rings. The molecule has 0 radical (unpaired) electrons.